The van der Waals surface area contributed by atoms with E-state index in [4.69, 9.17) is 0 Å². The summed E-state index contributed by atoms with van der Waals surface area (Å²) in [7, 11) is -4.68. The van der Waals surface area contributed by atoms with Gasteiger partial charge in [-0.25, -0.2) is 8.42 Å². The molecule has 0 spiro atoms. The van der Waals surface area contributed by atoms with Crippen molar-refractivity contribution in [3.05, 3.63) is 42.5 Å². The van der Waals surface area contributed by atoms with Crippen molar-refractivity contribution >= 4 is 43.9 Å². The number of para-hydroxylation sites is 1. The van der Waals surface area contributed by atoms with Crippen LogP contribution in [0.2, 0.25) is 0 Å². The molecule has 0 saturated heterocycles. The maximum absolute atomic E-state index is 11.9. The summed E-state index contributed by atoms with van der Waals surface area (Å²) in [5.41, 5.74) is 1.08. The minimum atomic E-state index is -4.68. The van der Waals surface area contributed by atoms with Gasteiger partial charge in [-0.15, -0.1) is 0 Å². The van der Waals surface area contributed by atoms with Gasteiger partial charge in [0.15, 0.2) is 0 Å². The Morgan fingerprint density at radius 2 is 1.50 bits per heavy atom. The van der Waals surface area contributed by atoms with Crippen LogP contribution in [0.15, 0.2) is 47.4 Å². The Hall–Kier alpha value is 0.0900. The smallest absolute Gasteiger partial charge is 0.744 e. The molecule has 3 aromatic rings. The number of benzene rings is 2. The SMILES string of the molecule is CCC(C(C(=O)[O-])C(C)C(=O)[O-])n1c2ccccc2c2cc(S(=O)(=O)[O-])ccc21.[Na+].[Na+].[Na+]. The van der Waals surface area contributed by atoms with Gasteiger partial charge in [-0.2, -0.15) is 0 Å². The Balaban J connectivity index is 0.00000320. The second-order valence-electron chi connectivity index (χ2n) is 6.95. The van der Waals surface area contributed by atoms with Crippen LogP contribution in [0.3, 0.4) is 0 Å². The molecule has 2 aromatic carbocycles. The fourth-order valence-corrected chi connectivity index (χ4v) is 4.43. The summed E-state index contributed by atoms with van der Waals surface area (Å²) in [6.45, 7) is 2.98. The first kappa shape index (κ1) is 32.1. The molecule has 8 nitrogen and oxygen atoms in total. The van der Waals surface area contributed by atoms with E-state index in [9.17, 15) is 32.8 Å². The van der Waals surface area contributed by atoms with Gasteiger partial charge in [0.2, 0.25) is 0 Å². The molecule has 3 unspecified atom stereocenters. The predicted molar refractivity (Wildman–Crippen MR) is 99.4 cm³/mol. The van der Waals surface area contributed by atoms with Crippen LogP contribution in [0.25, 0.3) is 21.8 Å². The summed E-state index contributed by atoms with van der Waals surface area (Å²) >= 11 is 0. The standard InChI is InChI=1S/C20H21NO7S.3Na/c1-3-15(18(20(24)25)11(2)19(22)23)21-16-7-5-4-6-13(16)14-10-12(29(26,27)28)8-9-17(14)21;;;/h4-11,15,18H,3H2,1-2H3,(H,22,23)(H,24,25)(H,26,27,28);;;/q;3*+1/p-3. The van der Waals surface area contributed by atoms with Crippen LogP contribution in [0, 0.1) is 11.8 Å². The van der Waals surface area contributed by atoms with Crippen LogP contribution in [-0.4, -0.2) is 29.5 Å². The van der Waals surface area contributed by atoms with Crippen molar-refractivity contribution < 1.29 is 121 Å². The third kappa shape index (κ3) is 6.20. The Morgan fingerprint density at radius 3 is 2.00 bits per heavy atom. The van der Waals surface area contributed by atoms with Crippen molar-refractivity contribution in [1.82, 2.24) is 4.57 Å². The molecule has 3 atom stereocenters. The molecule has 1 heterocycles. The van der Waals surface area contributed by atoms with E-state index in [1.165, 1.54) is 19.1 Å². The molecular formula is C20H18NNa3O7S. The van der Waals surface area contributed by atoms with E-state index in [0.717, 1.165) is 6.07 Å². The molecule has 0 saturated carbocycles. The quantitative estimate of drug-likeness (QED) is 0.239. The van der Waals surface area contributed by atoms with Crippen molar-refractivity contribution in [2.45, 2.75) is 31.2 Å². The number of carboxylic acids is 2. The van der Waals surface area contributed by atoms with Crippen LogP contribution < -0.4 is 98.9 Å². The summed E-state index contributed by atoms with van der Waals surface area (Å²) < 4.78 is 36.0. The number of aliphatic carboxylic acids is 2. The number of rotatable bonds is 7. The van der Waals surface area contributed by atoms with Crippen LogP contribution in [0.1, 0.15) is 26.3 Å². The van der Waals surface area contributed by atoms with E-state index in [-0.39, 0.29) is 95.1 Å². The van der Waals surface area contributed by atoms with Crippen LogP contribution >= 0.6 is 0 Å². The summed E-state index contributed by atoms with van der Waals surface area (Å²) in [5.74, 6) is -5.72. The normalized spacial score (nSPS) is 13.8. The van der Waals surface area contributed by atoms with Gasteiger partial charge in [0, 0.05) is 51.6 Å². The van der Waals surface area contributed by atoms with Gasteiger partial charge in [0.05, 0.1) is 4.90 Å². The molecule has 154 valence electrons. The molecule has 32 heavy (non-hydrogen) atoms. The summed E-state index contributed by atoms with van der Waals surface area (Å²) in [4.78, 5) is 22.9. The number of nitrogens with zero attached hydrogens (tertiary/aromatic N) is 1. The first-order chi connectivity index (χ1) is 13.6. The van der Waals surface area contributed by atoms with E-state index in [1.54, 1.807) is 35.8 Å². The van der Waals surface area contributed by atoms with Crippen molar-refractivity contribution in [3.63, 3.8) is 0 Å². The van der Waals surface area contributed by atoms with E-state index >= 15 is 0 Å². The van der Waals surface area contributed by atoms with E-state index < -0.39 is 44.8 Å². The minimum absolute atomic E-state index is 0. The molecule has 0 aliphatic carbocycles. The monoisotopic (exact) mass is 485 g/mol. The maximum atomic E-state index is 11.9. The van der Waals surface area contributed by atoms with Gasteiger partial charge in [0.1, 0.15) is 10.1 Å². The second kappa shape index (κ2) is 12.7. The number of hydrogen-bond acceptors (Lipinski definition) is 7. The number of carbonyl (C=O) groups excluding carboxylic acids is 2. The second-order valence-corrected chi connectivity index (χ2v) is 8.33. The molecule has 0 amide bonds. The van der Waals surface area contributed by atoms with Crippen LogP contribution in [0.4, 0.5) is 0 Å². The minimum Gasteiger partial charge on any atom is -0.744 e. The Morgan fingerprint density at radius 1 is 0.938 bits per heavy atom. The fraction of sp³-hybridized carbons (Fsp3) is 0.300. The molecule has 0 N–H and O–H groups in total. The molecule has 0 bridgehead atoms. The third-order valence-electron chi connectivity index (χ3n) is 5.32. The zero-order valence-electron chi connectivity index (χ0n) is 18.7. The number of fused-ring (bicyclic) bond motifs is 3. The number of aromatic nitrogens is 1. The average molecular weight is 485 g/mol. The van der Waals surface area contributed by atoms with Crippen molar-refractivity contribution in [1.29, 1.82) is 0 Å². The summed E-state index contributed by atoms with van der Waals surface area (Å²) in [6.07, 6.45) is 0.269. The maximum Gasteiger partial charge on any atom is 1.00 e. The molecule has 3 rings (SSSR count). The van der Waals surface area contributed by atoms with E-state index in [1.807, 2.05) is 0 Å². The van der Waals surface area contributed by atoms with Crippen molar-refractivity contribution in [2.24, 2.45) is 11.8 Å². The van der Waals surface area contributed by atoms with Gasteiger partial charge in [0.25, 0.3) is 0 Å². The molecule has 0 aliphatic heterocycles. The first-order valence-corrected chi connectivity index (χ1v) is 10.4. The van der Waals surface area contributed by atoms with Crippen molar-refractivity contribution in [3.8, 4) is 0 Å². The Labute approximate surface area is 252 Å². The van der Waals surface area contributed by atoms with Gasteiger partial charge < -0.3 is 28.9 Å². The zero-order valence-corrected chi connectivity index (χ0v) is 25.5. The molecule has 0 aliphatic rings. The molecule has 0 fully saturated rings. The fourth-order valence-electron chi connectivity index (χ4n) is 3.93. The van der Waals surface area contributed by atoms with E-state index in [2.05, 4.69) is 0 Å². The van der Waals surface area contributed by atoms with Crippen LogP contribution in [0.5, 0.6) is 0 Å². The van der Waals surface area contributed by atoms with Gasteiger partial charge >= 0.3 is 88.7 Å². The molecule has 0 radical (unpaired) electrons. The topological polar surface area (TPSA) is 142 Å². The molecule has 1 aromatic heterocycles. The Bertz CT molecular complexity index is 1230. The van der Waals surface area contributed by atoms with Crippen molar-refractivity contribution in [2.75, 3.05) is 0 Å². The predicted octanol–water partition coefficient (Wildman–Crippen LogP) is -8.59. The number of carboxylic acid groups (broad SMARTS) is 2. The largest absolute Gasteiger partial charge is 1.00 e. The molecule has 12 heteroatoms. The summed E-state index contributed by atoms with van der Waals surface area (Å²) in [6, 6.07) is 9.93. The molecular weight excluding hydrogens is 467 g/mol. The average Bonchev–Trinajstić information content (AvgIpc) is 2.98. The van der Waals surface area contributed by atoms with Gasteiger partial charge in [-0.1, -0.05) is 32.0 Å². The van der Waals surface area contributed by atoms with Crippen LogP contribution in [-0.2, 0) is 19.7 Å². The van der Waals surface area contributed by atoms with E-state index in [0.29, 0.717) is 21.8 Å². The van der Waals surface area contributed by atoms with Gasteiger partial charge in [-0.3, -0.25) is 0 Å². The first-order valence-electron chi connectivity index (χ1n) is 8.98. The van der Waals surface area contributed by atoms with Gasteiger partial charge in [-0.05, 0) is 30.7 Å². The summed E-state index contributed by atoms with van der Waals surface area (Å²) in [5, 5.41) is 24.3. The number of hydrogen-bond donors (Lipinski definition) is 0. The third-order valence-corrected chi connectivity index (χ3v) is 6.15. The zero-order chi connectivity index (χ0) is 21.5. The Kier molecular flexibility index (Phi) is 12.7. The number of carbonyl (C=O) groups is 2.